The number of halogens is 1. The molecular weight excluding hydrogens is 378 g/mol. The molecule has 1 aliphatic rings. The lowest BCUT2D eigenvalue weighted by Gasteiger charge is -2.32. The first kappa shape index (κ1) is 16.5. The van der Waals surface area contributed by atoms with Crippen molar-refractivity contribution in [1.29, 1.82) is 0 Å². The van der Waals surface area contributed by atoms with Crippen LogP contribution in [-0.2, 0) is 0 Å². The van der Waals surface area contributed by atoms with E-state index in [1.807, 2.05) is 11.9 Å². The highest BCUT2D eigenvalue weighted by atomic mass is 79.9. The van der Waals surface area contributed by atoms with Crippen LogP contribution in [0.15, 0.2) is 29.1 Å². The molecule has 1 N–H and O–H groups in total. The Bertz CT molecular complexity index is 732. The van der Waals surface area contributed by atoms with Crippen LogP contribution in [-0.4, -0.2) is 58.0 Å². The largest absolute Gasteiger partial charge is 0.353 e. The molecule has 2 aromatic heterocycles. The Balaban J connectivity index is 1.93. The second-order valence-electron chi connectivity index (χ2n) is 5.43. The monoisotopic (exact) mass is 393 g/mol. The normalized spacial score (nSPS) is 15.3. The molecule has 126 valence electrons. The molecule has 1 aliphatic heterocycles. The van der Waals surface area contributed by atoms with Crippen LogP contribution in [0.3, 0.4) is 0 Å². The molecule has 0 radical (unpaired) electrons. The molecule has 24 heavy (non-hydrogen) atoms. The first-order valence-electron chi connectivity index (χ1n) is 7.36. The fourth-order valence-corrected chi connectivity index (χ4v) is 2.68. The van der Waals surface area contributed by atoms with E-state index in [-0.39, 0.29) is 11.5 Å². The molecule has 10 heteroatoms. The van der Waals surface area contributed by atoms with Gasteiger partial charge in [0.05, 0.1) is 4.92 Å². The van der Waals surface area contributed by atoms with Gasteiger partial charge in [0, 0.05) is 36.8 Å². The Labute approximate surface area is 147 Å². The number of nitro groups is 1. The lowest BCUT2D eigenvalue weighted by atomic mass is 10.3. The van der Waals surface area contributed by atoms with E-state index >= 15 is 0 Å². The number of nitrogens with one attached hydrogen (secondary N) is 1. The standard InChI is InChI=1S/C14H16BrN7O2/c1-20-4-6-21(7-5-20)14-12(22(23)24)13(17-9-18-14)19-11-3-2-10(15)8-16-11/h2-3,8-9H,4-7H2,1H3,(H,16,17,18,19). The van der Waals surface area contributed by atoms with Crippen molar-refractivity contribution < 1.29 is 4.92 Å². The maximum absolute atomic E-state index is 11.6. The lowest BCUT2D eigenvalue weighted by molar-refractivity contribution is -0.383. The van der Waals surface area contributed by atoms with Gasteiger partial charge in [0.15, 0.2) is 0 Å². The molecule has 0 aliphatic carbocycles. The van der Waals surface area contributed by atoms with Gasteiger partial charge in [0.1, 0.15) is 12.1 Å². The first-order valence-corrected chi connectivity index (χ1v) is 8.15. The number of rotatable bonds is 4. The predicted octanol–water partition coefficient (Wildman–Crippen LogP) is 2.04. The maximum atomic E-state index is 11.6. The van der Waals surface area contributed by atoms with Gasteiger partial charge in [-0.25, -0.2) is 15.0 Å². The van der Waals surface area contributed by atoms with Gasteiger partial charge >= 0.3 is 5.69 Å². The Hall–Kier alpha value is -2.33. The van der Waals surface area contributed by atoms with Crippen molar-refractivity contribution in [3.63, 3.8) is 0 Å². The van der Waals surface area contributed by atoms with Crippen LogP contribution in [0, 0.1) is 10.1 Å². The fraction of sp³-hybridized carbons (Fsp3) is 0.357. The van der Waals surface area contributed by atoms with Gasteiger partial charge in [-0.3, -0.25) is 10.1 Å². The van der Waals surface area contributed by atoms with Crippen molar-refractivity contribution >= 4 is 39.1 Å². The van der Waals surface area contributed by atoms with Crippen molar-refractivity contribution in [1.82, 2.24) is 19.9 Å². The van der Waals surface area contributed by atoms with Crippen LogP contribution in [0.25, 0.3) is 0 Å². The second-order valence-corrected chi connectivity index (χ2v) is 6.34. The van der Waals surface area contributed by atoms with E-state index in [0.29, 0.717) is 24.7 Å². The molecule has 9 nitrogen and oxygen atoms in total. The quantitative estimate of drug-likeness (QED) is 0.621. The summed E-state index contributed by atoms with van der Waals surface area (Å²) in [6, 6.07) is 3.51. The Morgan fingerprint density at radius 3 is 2.58 bits per heavy atom. The molecule has 1 fully saturated rings. The third-order valence-corrected chi connectivity index (χ3v) is 4.23. The van der Waals surface area contributed by atoms with Crippen LogP contribution in [0.1, 0.15) is 0 Å². The Morgan fingerprint density at radius 1 is 1.21 bits per heavy atom. The number of aromatic nitrogens is 3. The van der Waals surface area contributed by atoms with Gasteiger partial charge < -0.3 is 15.1 Å². The van der Waals surface area contributed by atoms with Gasteiger partial charge in [-0.05, 0) is 35.1 Å². The molecular formula is C14H16BrN7O2. The summed E-state index contributed by atoms with van der Waals surface area (Å²) in [7, 11) is 2.03. The average Bonchev–Trinajstić information content (AvgIpc) is 2.57. The first-order chi connectivity index (χ1) is 11.5. The van der Waals surface area contributed by atoms with Crippen LogP contribution < -0.4 is 10.2 Å². The van der Waals surface area contributed by atoms with Crippen LogP contribution in [0.5, 0.6) is 0 Å². The van der Waals surface area contributed by atoms with E-state index in [4.69, 9.17) is 0 Å². The molecule has 0 aromatic carbocycles. The smallest absolute Gasteiger partial charge is 0.348 e. The summed E-state index contributed by atoms with van der Waals surface area (Å²) in [5.41, 5.74) is -0.133. The van der Waals surface area contributed by atoms with Gasteiger partial charge in [-0.1, -0.05) is 0 Å². The molecule has 0 bridgehead atoms. The summed E-state index contributed by atoms with van der Waals surface area (Å²) in [6.45, 7) is 3.03. The van der Waals surface area contributed by atoms with Crippen molar-refractivity contribution in [2.45, 2.75) is 0 Å². The van der Waals surface area contributed by atoms with E-state index in [1.54, 1.807) is 18.3 Å². The summed E-state index contributed by atoms with van der Waals surface area (Å²) < 4.78 is 0.823. The Kier molecular flexibility index (Phi) is 4.86. The average molecular weight is 394 g/mol. The van der Waals surface area contributed by atoms with Crippen molar-refractivity contribution in [3.8, 4) is 0 Å². The van der Waals surface area contributed by atoms with Crippen LogP contribution >= 0.6 is 15.9 Å². The minimum atomic E-state index is -0.450. The van der Waals surface area contributed by atoms with Gasteiger partial charge in [0.2, 0.25) is 11.6 Å². The molecule has 3 rings (SSSR count). The minimum absolute atomic E-state index is 0.133. The highest BCUT2D eigenvalue weighted by molar-refractivity contribution is 9.10. The van der Waals surface area contributed by atoms with Crippen molar-refractivity contribution in [2.75, 3.05) is 43.4 Å². The highest BCUT2D eigenvalue weighted by Gasteiger charge is 2.28. The van der Waals surface area contributed by atoms with Gasteiger partial charge in [0.25, 0.3) is 0 Å². The lowest BCUT2D eigenvalue weighted by Crippen LogP contribution is -2.45. The molecule has 0 amide bonds. The van der Waals surface area contributed by atoms with E-state index in [1.165, 1.54) is 6.33 Å². The molecule has 0 spiro atoms. The summed E-state index contributed by atoms with van der Waals surface area (Å²) >= 11 is 3.30. The molecule has 2 aromatic rings. The number of nitrogens with zero attached hydrogens (tertiary/aromatic N) is 6. The number of piperazine rings is 1. The topological polar surface area (TPSA) is 100 Å². The number of hydrogen-bond acceptors (Lipinski definition) is 8. The SMILES string of the molecule is CN1CCN(c2ncnc(Nc3ccc(Br)cn3)c2[N+](=O)[O-])CC1. The number of hydrogen-bond donors (Lipinski definition) is 1. The summed E-state index contributed by atoms with van der Waals surface area (Å²) in [5, 5.41) is 14.5. The third kappa shape index (κ3) is 3.60. The van der Waals surface area contributed by atoms with E-state index in [9.17, 15) is 10.1 Å². The molecule has 3 heterocycles. The second kappa shape index (κ2) is 7.05. The van der Waals surface area contributed by atoms with E-state index < -0.39 is 4.92 Å². The number of likely N-dealkylation sites (N-methyl/N-ethyl adjacent to an activating group) is 1. The predicted molar refractivity (Wildman–Crippen MR) is 93.6 cm³/mol. The van der Waals surface area contributed by atoms with Gasteiger partial charge in [-0.2, -0.15) is 0 Å². The molecule has 0 saturated carbocycles. The summed E-state index contributed by atoms with van der Waals surface area (Å²) in [6.07, 6.45) is 2.94. The minimum Gasteiger partial charge on any atom is -0.348 e. The van der Waals surface area contributed by atoms with E-state index in [2.05, 4.69) is 41.1 Å². The zero-order chi connectivity index (χ0) is 17.1. The zero-order valence-electron chi connectivity index (χ0n) is 13.0. The zero-order valence-corrected chi connectivity index (χ0v) is 14.6. The van der Waals surface area contributed by atoms with Crippen LogP contribution in [0.4, 0.5) is 23.1 Å². The Morgan fingerprint density at radius 2 is 1.96 bits per heavy atom. The highest BCUT2D eigenvalue weighted by Crippen LogP contribution is 2.33. The summed E-state index contributed by atoms with van der Waals surface area (Å²) in [4.78, 5) is 27.6. The third-order valence-electron chi connectivity index (χ3n) is 3.76. The van der Waals surface area contributed by atoms with Crippen molar-refractivity contribution in [3.05, 3.63) is 39.2 Å². The van der Waals surface area contributed by atoms with Gasteiger partial charge in [-0.15, -0.1) is 0 Å². The molecule has 1 saturated heterocycles. The maximum Gasteiger partial charge on any atom is 0.353 e. The molecule has 0 unspecified atom stereocenters. The number of anilines is 3. The molecule has 0 atom stereocenters. The van der Waals surface area contributed by atoms with Crippen LogP contribution in [0.2, 0.25) is 0 Å². The fourth-order valence-electron chi connectivity index (χ4n) is 2.45. The van der Waals surface area contributed by atoms with Crippen molar-refractivity contribution in [2.24, 2.45) is 0 Å². The summed E-state index contributed by atoms with van der Waals surface area (Å²) in [5.74, 6) is 0.950. The van der Waals surface area contributed by atoms with E-state index in [0.717, 1.165) is 17.6 Å². The number of pyridine rings is 1.